The maximum Gasteiger partial charge on any atom is 0.176 e. The fourth-order valence-electron chi connectivity index (χ4n) is 2.13. The largest absolute Gasteiger partial charge is 0.339 e. The molecule has 0 saturated carbocycles. The van der Waals surface area contributed by atoms with Crippen molar-refractivity contribution in [3.8, 4) is 0 Å². The number of rotatable bonds is 5. The van der Waals surface area contributed by atoms with Crippen LogP contribution in [-0.4, -0.2) is 20.1 Å². The van der Waals surface area contributed by atoms with Crippen molar-refractivity contribution in [1.82, 2.24) is 14.3 Å². The van der Waals surface area contributed by atoms with Gasteiger partial charge in [0.05, 0.1) is 23.6 Å². The molecule has 0 fully saturated rings. The lowest BCUT2D eigenvalue weighted by Crippen LogP contribution is -2.11. The molecule has 2 aromatic rings. The summed E-state index contributed by atoms with van der Waals surface area (Å²) in [5, 5.41) is 4.52. The summed E-state index contributed by atoms with van der Waals surface area (Å²) >= 11 is 0. The van der Waals surface area contributed by atoms with Gasteiger partial charge in [-0.25, -0.2) is 0 Å². The molecule has 0 aliphatic heterocycles. The zero-order valence-corrected chi connectivity index (χ0v) is 11.2. The van der Waals surface area contributed by atoms with Gasteiger partial charge in [0.15, 0.2) is 5.78 Å². The smallest absolute Gasteiger partial charge is 0.176 e. The predicted octanol–water partition coefficient (Wildman–Crippen LogP) is 2.52. The normalized spacial score (nSPS) is 10.8. The molecule has 0 amide bonds. The highest BCUT2D eigenvalue weighted by Crippen LogP contribution is 2.11. The fraction of sp³-hybridized carbons (Fsp3) is 0.429. The van der Waals surface area contributed by atoms with Crippen LogP contribution in [0.2, 0.25) is 0 Å². The first-order valence-corrected chi connectivity index (χ1v) is 6.37. The lowest BCUT2D eigenvalue weighted by Gasteiger charge is -2.08. The molecule has 4 heteroatoms. The molecule has 0 aromatic carbocycles. The van der Waals surface area contributed by atoms with E-state index >= 15 is 0 Å². The summed E-state index contributed by atoms with van der Waals surface area (Å²) in [5.41, 5.74) is 2.99. The van der Waals surface area contributed by atoms with Gasteiger partial charge in [-0.05, 0) is 31.5 Å². The van der Waals surface area contributed by atoms with E-state index in [0.29, 0.717) is 6.54 Å². The Balaban J connectivity index is 2.30. The van der Waals surface area contributed by atoms with E-state index in [9.17, 15) is 4.79 Å². The Labute approximate surface area is 107 Å². The summed E-state index contributed by atoms with van der Waals surface area (Å²) < 4.78 is 3.98. The first-order chi connectivity index (χ1) is 8.65. The average molecular weight is 245 g/mol. The van der Waals surface area contributed by atoms with Crippen LogP contribution in [0.25, 0.3) is 0 Å². The van der Waals surface area contributed by atoms with E-state index in [-0.39, 0.29) is 5.78 Å². The minimum atomic E-state index is 0.0956. The minimum Gasteiger partial charge on any atom is -0.339 e. The van der Waals surface area contributed by atoms with E-state index in [4.69, 9.17) is 0 Å². The van der Waals surface area contributed by atoms with Gasteiger partial charge in [-0.15, -0.1) is 0 Å². The maximum atomic E-state index is 11.5. The van der Waals surface area contributed by atoms with Crippen molar-refractivity contribution in [2.24, 2.45) is 0 Å². The summed E-state index contributed by atoms with van der Waals surface area (Å²) in [5.74, 6) is 0.0956. The number of nitrogens with zero attached hydrogens (tertiary/aromatic N) is 3. The summed E-state index contributed by atoms with van der Waals surface area (Å²) in [4.78, 5) is 11.5. The number of hydrogen-bond donors (Lipinski definition) is 0. The number of hydrogen-bond acceptors (Lipinski definition) is 2. The van der Waals surface area contributed by atoms with Gasteiger partial charge in [0.1, 0.15) is 0 Å². The number of carbonyl (C=O) groups excluding carboxylic acids is 1. The predicted molar refractivity (Wildman–Crippen MR) is 70.8 cm³/mol. The number of carbonyl (C=O) groups is 1. The van der Waals surface area contributed by atoms with Crippen LogP contribution in [0.4, 0.5) is 0 Å². The highest BCUT2D eigenvalue weighted by atomic mass is 16.1. The number of ketones is 1. The second-order valence-electron chi connectivity index (χ2n) is 4.37. The molecule has 2 aromatic heterocycles. The van der Waals surface area contributed by atoms with E-state index in [1.54, 1.807) is 6.92 Å². The Bertz CT molecular complexity index is 551. The molecule has 0 unspecified atom stereocenters. The van der Waals surface area contributed by atoms with Gasteiger partial charge in [-0.1, -0.05) is 6.92 Å². The molecule has 0 radical (unpaired) electrons. The van der Waals surface area contributed by atoms with E-state index in [0.717, 1.165) is 30.0 Å². The van der Waals surface area contributed by atoms with Gasteiger partial charge in [0.25, 0.3) is 0 Å². The van der Waals surface area contributed by atoms with E-state index < -0.39 is 0 Å². The minimum absolute atomic E-state index is 0.0956. The molecule has 0 N–H and O–H groups in total. The van der Waals surface area contributed by atoms with Crippen molar-refractivity contribution in [1.29, 1.82) is 0 Å². The first kappa shape index (κ1) is 12.6. The van der Waals surface area contributed by atoms with Gasteiger partial charge in [-0.3, -0.25) is 9.48 Å². The van der Waals surface area contributed by atoms with Crippen molar-refractivity contribution >= 4 is 5.78 Å². The average Bonchev–Trinajstić information content (AvgIpc) is 2.95. The second-order valence-corrected chi connectivity index (χ2v) is 4.37. The molecule has 0 saturated heterocycles. The van der Waals surface area contributed by atoms with E-state index in [2.05, 4.69) is 25.0 Å². The van der Waals surface area contributed by atoms with Gasteiger partial charge in [0, 0.05) is 19.7 Å². The third-order valence-corrected chi connectivity index (χ3v) is 3.10. The Morgan fingerprint density at radius 1 is 1.39 bits per heavy atom. The van der Waals surface area contributed by atoms with Crippen LogP contribution in [0.3, 0.4) is 0 Å². The van der Waals surface area contributed by atoms with Crippen molar-refractivity contribution in [2.75, 3.05) is 0 Å². The lowest BCUT2D eigenvalue weighted by atomic mass is 10.3. The van der Waals surface area contributed by atoms with Crippen LogP contribution in [0, 0.1) is 0 Å². The SMILES string of the molecule is CCc1cc(Cn2cccc2C(C)=O)n(CC)n1. The zero-order chi connectivity index (χ0) is 13.1. The van der Waals surface area contributed by atoms with Crippen LogP contribution in [-0.2, 0) is 19.5 Å². The van der Waals surface area contributed by atoms with Gasteiger partial charge in [0.2, 0.25) is 0 Å². The van der Waals surface area contributed by atoms with Crippen molar-refractivity contribution in [2.45, 2.75) is 40.3 Å². The molecule has 96 valence electrons. The summed E-state index contributed by atoms with van der Waals surface area (Å²) in [6.07, 6.45) is 2.88. The molecular weight excluding hydrogens is 226 g/mol. The summed E-state index contributed by atoms with van der Waals surface area (Å²) in [6.45, 7) is 7.33. The highest BCUT2D eigenvalue weighted by Gasteiger charge is 2.10. The van der Waals surface area contributed by atoms with Crippen molar-refractivity contribution in [3.63, 3.8) is 0 Å². The monoisotopic (exact) mass is 245 g/mol. The molecular formula is C14H19N3O. The standard InChI is InChI=1S/C14H19N3O/c1-4-12-9-13(17(5-2)15-12)10-16-8-6-7-14(16)11(3)18/h6-9H,4-5,10H2,1-3H3. The van der Waals surface area contributed by atoms with Gasteiger partial charge < -0.3 is 4.57 Å². The maximum absolute atomic E-state index is 11.5. The Morgan fingerprint density at radius 2 is 2.17 bits per heavy atom. The second kappa shape index (κ2) is 5.21. The van der Waals surface area contributed by atoms with Crippen molar-refractivity contribution < 1.29 is 4.79 Å². The van der Waals surface area contributed by atoms with Crippen LogP contribution >= 0.6 is 0 Å². The van der Waals surface area contributed by atoms with E-state index in [1.165, 1.54) is 0 Å². The molecule has 2 rings (SSSR count). The number of aryl methyl sites for hydroxylation is 2. The van der Waals surface area contributed by atoms with Crippen LogP contribution < -0.4 is 0 Å². The Kier molecular flexibility index (Phi) is 3.65. The molecule has 0 aliphatic carbocycles. The van der Waals surface area contributed by atoms with Gasteiger partial charge >= 0.3 is 0 Å². The van der Waals surface area contributed by atoms with Crippen LogP contribution in [0.15, 0.2) is 24.4 Å². The summed E-state index contributed by atoms with van der Waals surface area (Å²) in [7, 11) is 0. The lowest BCUT2D eigenvalue weighted by molar-refractivity contribution is 0.100. The molecule has 0 aliphatic rings. The quantitative estimate of drug-likeness (QED) is 0.759. The van der Waals surface area contributed by atoms with Crippen LogP contribution in [0.1, 0.15) is 42.6 Å². The van der Waals surface area contributed by atoms with Crippen molar-refractivity contribution in [3.05, 3.63) is 41.5 Å². The fourth-order valence-corrected chi connectivity index (χ4v) is 2.13. The van der Waals surface area contributed by atoms with Crippen LogP contribution in [0.5, 0.6) is 0 Å². The summed E-state index contributed by atoms with van der Waals surface area (Å²) in [6, 6.07) is 5.88. The molecule has 18 heavy (non-hydrogen) atoms. The molecule has 2 heterocycles. The van der Waals surface area contributed by atoms with Gasteiger partial charge in [-0.2, -0.15) is 5.10 Å². The Morgan fingerprint density at radius 3 is 2.78 bits per heavy atom. The number of Topliss-reactive ketones (excluding diaryl/α,β-unsaturated/α-hetero) is 1. The van der Waals surface area contributed by atoms with E-state index in [1.807, 2.05) is 27.6 Å². The topological polar surface area (TPSA) is 39.8 Å². The number of aromatic nitrogens is 3. The molecule has 4 nitrogen and oxygen atoms in total. The highest BCUT2D eigenvalue weighted by molar-refractivity contribution is 5.92. The third kappa shape index (κ3) is 2.37. The first-order valence-electron chi connectivity index (χ1n) is 6.37. The molecule has 0 bridgehead atoms. The zero-order valence-electron chi connectivity index (χ0n) is 11.2. The molecule has 0 spiro atoms. The molecule has 0 atom stereocenters. The Hall–Kier alpha value is -1.84. The third-order valence-electron chi connectivity index (χ3n) is 3.10.